The molecule has 3 aromatic carbocycles. The molecule has 0 saturated carbocycles. The lowest BCUT2D eigenvalue weighted by Crippen LogP contribution is -2.49. The van der Waals surface area contributed by atoms with Crippen LogP contribution in [0.25, 0.3) is 44.1 Å². The van der Waals surface area contributed by atoms with E-state index in [1.165, 1.54) is 18.2 Å². The Hall–Kier alpha value is -9.46. The predicted molar refractivity (Wildman–Crippen MR) is 323 cm³/mol. The monoisotopic (exact) mass is 1190 g/mol. The van der Waals surface area contributed by atoms with E-state index in [1.54, 1.807) is 102 Å². The number of hydrogen-bond acceptors (Lipinski definition) is 16. The Morgan fingerprint density at radius 1 is 0.488 bits per heavy atom. The van der Waals surface area contributed by atoms with Gasteiger partial charge in [-0.2, -0.15) is 0 Å². The second-order valence-electron chi connectivity index (χ2n) is 20.6. The molecule has 11 aromatic rings. The minimum absolute atomic E-state index is 0.199. The van der Waals surface area contributed by atoms with E-state index in [4.69, 9.17) is 28.7 Å². The maximum absolute atomic E-state index is 13.5. The number of likely N-dealkylation sites (tertiary alicyclic amines) is 1. The van der Waals surface area contributed by atoms with Crippen molar-refractivity contribution >= 4 is 67.2 Å². The van der Waals surface area contributed by atoms with E-state index < -0.39 is 0 Å². The first-order valence-electron chi connectivity index (χ1n) is 27.6. The van der Waals surface area contributed by atoms with Crippen molar-refractivity contribution in [2.45, 2.75) is 31.3 Å². The molecule has 0 bridgehead atoms. The molecule has 11 heterocycles. The number of pyridine rings is 3. The Bertz CT molecular complexity index is 3960. The Morgan fingerprint density at radius 2 is 0.884 bits per heavy atom. The highest BCUT2D eigenvalue weighted by atomic mass is 32.2. The second-order valence-corrected chi connectivity index (χ2v) is 21.4. The zero-order valence-electron chi connectivity index (χ0n) is 48.0. The molecule has 86 heavy (non-hydrogen) atoms. The van der Waals surface area contributed by atoms with Crippen molar-refractivity contribution in [3.05, 3.63) is 175 Å². The summed E-state index contributed by atoms with van der Waals surface area (Å²) < 4.78 is 76.8. The largest absolute Gasteiger partial charge is 0.481 e. The lowest BCUT2D eigenvalue weighted by Gasteiger charge is -2.41. The second kappa shape index (κ2) is 25.0. The van der Waals surface area contributed by atoms with Gasteiger partial charge in [-0.05, 0) is 97.3 Å². The number of halogens is 3. The van der Waals surface area contributed by atoms with Gasteiger partial charge in [0, 0.05) is 123 Å². The summed E-state index contributed by atoms with van der Waals surface area (Å²) in [6, 6.07) is 32.7. The first-order chi connectivity index (χ1) is 42.0. The molecule has 8 aromatic heterocycles. The number of methoxy groups -OCH3 is 5. The minimum Gasteiger partial charge on any atom is -0.481 e. The predicted octanol–water partition coefficient (Wildman–Crippen LogP) is 10.0. The first kappa shape index (κ1) is 57.0. The third kappa shape index (κ3) is 11.6. The van der Waals surface area contributed by atoms with Gasteiger partial charge in [-0.1, -0.05) is 11.8 Å². The van der Waals surface area contributed by atoms with Gasteiger partial charge in [0.15, 0.2) is 16.8 Å². The molecular formula is C61H61F3N16O5S. The van der Waals surface area contributed by atoms with Crippen molar-refractivity contribution in [3.63, 3.8) is 0 Å². The smallest absolute Gasteiger partial charge is 0.232 e. The molecule has 0 aliphatic carbocycles. The SMILES string of the molecule is COCc1nnc(N2CC(n3ccc4cc(F)ccc43)C2)n1-c1ccc(OC)nc1.COCc1nnc(N2CC(n3ccc4cc(F)ccc43)C2)n1-c1ccc(OC)nc1.COc1ccc(N=C(SC)N2CC(n3ccc4cc(F)ccc43)C2)cn1. The Morgan fingerprint density at radius 3 is 1.23 bits per heavy atom. The van der Waals surface area contributed by atoms with Crippen molar-refractivity contribution in [1.29, 1.82) is 0 Å². The van der Waals surface area contributed by atoms with E-state index in [9.17, 15) is 13.2 Å². The topological polar surface area (TPSA) is 183 Å². The molecule has 0 unspecified atom stereocenters. The van der Waals surface area contributed by atoms with Crippen LogP contribution in [0.15, 0.2) is 151 Å². The number of ether oxygens (including phenoxy) is 5. The highest BCUT2D eigenvalue weighted by Crippen LogP contribution is 2.36. The zero-order chi connectivity index (χ0) is 59.4. The summed E-state index contributed by atoms with van der Waals surface area (Å²) in [5.74, 6) is 3.91. The van der Waals surface area contributed by atoms with E-state index in [0.717, 1.165) is 106 Å². The number of benzene rings is 3. The molecule has 21 nitrogen and oxygen atoms in total. The van der Waals surface area contributed by atoms with Crippen molar-refractivity contribution in [1.82, 2.24) is 63.1 Å². The summed E-state index contributed by atoms with van der Waals surface area (Å²) in [4.78, 5) is 24.1. The number of aliphatic imine (C=N–C) groups is 1. The van der Waals surface area contributed by atoms with Crippen molar-refractivity contribution in [2.24, 2.45) is 4.99 Å². The number of aromatic nitrogens is 12. The molecule has 0 atom stereocenters. The van der Waals surface area contributed by atoms with Crippen molar-refractivity contribution < 1.29 is 36.9 Å². The fraction of sp³-hybridized carbons (Fsp3) is 0.279. The van der Waals surface area contributed by atoms with Crippen LogP contribution in [-0.2, 0) is 22.7 Å². The van der Waals surface area contributed by atoms with Crippen molar-refractivity contribution in [2.75, 3.05) is 90.9 Å². The van der Waals surface area contributed by atoms with Gasteiger partial charge >= 0.3 is 0 Å². The van der Waals surface area contributed by atoms with Crippen LogP contribution in [0.5, 0.6) is 17.6 Å². The normalized spacial score (nSPS) is 14.6. The summed E-state index contributed by atoms with van der Waals surface area (Å²) in [6.07, 6.45) is 13.3. The Labute approximate surface area is 496 Å². The van der Waals surface area contributed by atoms with Crippen LogP contribution in [-0.4, -0.2) is 149 Å². The molecule has 14 rings (SSSR count). The van der Waals surface area contributed by atoms with Crippen LogP contribution >= 0.6 is 11.8 Å². The summed E-state index contributed by atoms with van der Waals surface area (Å²) in [6.45, 7) is 5.53. The number of hydrogen-bond donors (Lipinski definition) is 0. The molecule has 0 amide bonds. The molecule has 3 fully saturated rings. The molecule has 3 aliphatic heterocycles. The number of amidine groups is 1. The van der Waals surface area contributed by atoms with Gasteiger partial charge in [-0.25, -0.2) is 33.1 Å². The van der Waals surface area contributed by atoms with Gasteiger partial charge in [0.05, 0.1) is 75.1 Å². The maximum atomic E-state index is 13.5. The van der Waals surface area contributed by atoms with Gasteiger partial charge in [-0.3, -0.25) is 9.13 Å². The third-order valence-corrected chi connectivity index (χ3v) is 16.1. The maximum Gasteiger partial charge on any atom is 0.232 e. The highest BCUT2D eigenvalue weighted by molar-refractivity contribution is 8.13. The zero-order valence-corrected chi connectivity index (χ0v) is 48.8. The number of rotatable bonds is 15. The summed E-state index contributed by atoms with van der Waals surface area (Å²) >= 11 is 1.62. The lowest BCUT2D eigenvalue weighted by atomic mass is 10.1. The molecular weight excluding hydrogens is 1130 g/mol. The average molecular weight is 1190 g/mol. The number of thioether (sulfide) groups is 1. The number of nitrogens with zero attached hydrogens (tertiary/aromatic N) is 16. The minimum atomic E-state index is -0.220. The lowest BCUT2D eigenvalue weighted by molar-refractivity contribution is 0.176. The summed E-state index contributed by atoms with van der Waals surface area (Å²) in [5.41, 5.74) is 5.61. The van der Waals surface area contributed by atoms with Crippen LogP contribution in [0.3, 0.4) is 0 Å². The van der Waals surface area contributed by atoms with Crippen molar-refractivity contribution in [3.8, 4) is 29.0 Å². The van der Waals surface area contributed by atoms with Crippen LogP contribution < -0.4 is 24.0 Å². The van der Waals surface area contributed by atoms with Crippen LogP contribution in [0.2, 0.25) is 0 Å². The van der Waals surface area contributed by atoms with Gasteiger partial charge in [0.1, 0.15) is 30.7 Å². The van der Waals surface area contributed by atoms with E-state index in [1.807, 2.05) is 88.6 Å². The Balaban J connectivity index is 0.000000127. The van der Waals surface area contributed by atoms with E-state index >= 15 is 0 Å². The highest BCUT2D eigenvalue weighted by Gasteiger charge is 2.36. The molecule has 0 spiro atoms. The van der Waals surface area contributed by atoms with Gasteiger partial charge in [0.2, 0.25) is 29.5 Å². The summed E-state index contributed by atoms with van der Waals surface area (Å²) in [5, 5.41) is 21.2. The molecule has 442 valence electrons. The van der Waals surface area contributed by atoms with Crippen LogP contribution in [0.4, 0.5) is 30.8 Å². The number of anilines is 2. The van der Waals surface area contributed by atoms with Gasteiger partial charge in [-0.15, -0.1) is 20.4 Å². The molecule has 0 radical (unpaired) electrons. The molecule has 25 heteroatoms. The van der Waals surface area contributed by atoms with E-state index in [-0.39, 0.29) is 29.5 Å². The van der Waals surface area contributed by atoms with Gasteiger partial charge in [0.25, 0.3) is 0 Å². The molecule has 3 aliphatic rings. The molecule has 3 saturated heterocycles. The third-order valence-electron chi connectivity index (χ3n) is 15.3. The molecule has 0 N–H and O–H groups in total. The Kier molecular flexibility index (Phi) is 16.6. The fourth-order valence-electron chi connectivity index (χ4n) is 10.9. The van der Waals surface area contributed by atoms with Crippen LogP contribution in [0, 0.1) is 17.5 Å². The van der Waals surface area contributed by atoms with Crippen LogP contribution in [0.1, 0.15) is 29.8 Å². The van der Waals surface area contributed by atoms with E-state index in [2.05, 4.69) is 63.7 Å². The fourth-order valence-corrected chi connectivity index (χ4v) is 11.5. The average Bonchev–Trinajstić information content (AvgIpc) is 1.83. The standard InChI is InChI=1S/2C21H21FN6O2.C19H19FN4OS/c2*1-29-13-19-24-25-21(28(19)16-4-6-20(30-2)23-10-16)26-11-17(12-26)27-8-7-14-9-15(22)3-5-18(14)27;1-25-18-6-4-15(10-21-18)22-19(26-2)23-11-16(12-23)24-8-7-13-9-14(20)3-5-17(13)24/h2*3-10,17H,11-13H2,1-2H3;3-10,16H,11-12H2,1-2H3. The van der Waals surface area contributed by atoms with E-state index in [0.29, 0.717) is 48.5 Å². The summed E-state index contributed by atoms with van der Waals surface area (Å²) in [7, 11) is 8.03. The first-order valence-corrected chi connectivity index (χ1v) is 28.8. The van der Waals surface area contributed by atoms with Gasteiger partial charge < -0.3 is 52.1 Å². The number of fused-ring (bicyclic) bond motifs is 3. The quantitative estimate of drug-likeness (QED) is 0.0697.